The van der Waals surface area contributed by atoms with Gasteiger partial charge < -0.3 is 9.26 Å². The van der Waals surface area contributed by atoms with E-state index < -0.39 is 0 Å². The number of hydrogen-bond donors (Lipinski definition) is 0. The van der Waals surface area contributed by atoms with Crippen molar-refractivity contribution in [2.45, 2.75) is 39.2 Å². The molecule has 0 radical (unpaired) electrons. The van der Waals surface area contributed by atoms with E-state index in [0.717, 1.165) is 25.4 Å². The fraction of sp³-hybridized carbons (Fsp3) is 0.833. The van der Waals surface area contributed by atoms with E-state index in [0.29, 0.717) is 11.8 Å². The summed E-state index contributed by atoms with van der Waals surface area (Å²) in [6, 6.07) is 0.145. The molecule has 1 unspecified atom stereocenters. The van der Waals surface area contributed by atoms with E-state index in [2.05, 4.69) is 42.9 Å². The van der Waals surface area contributed by atoms with Gasteiger partial charge in [-0.15, -0.1) is 0 Å². The van der Waals surface area contributed by atoms with Crippen LogP contribution in [-0.2, 0) is 4.74 Å². The summed E-state index contributed by atoms with van der Waals surface area (Å²) < 4.78 is 10.3. The normalized spacial score (nSPS) is 13.6. The third-order valence-electron chi connectivity index (χ3n) is 2.85. The molecule has 5 nitrogen and oxygen atoms in total. The Hall–Kier alpha value is -0.940. The van der Waals surface area contributed by atoms with Crippen molar-refractivity contribution in [2.75, 3.05) is 27.3 Å². The van der Waals surface area contributed by atoms with Crippen LogP contribution in [0, 0.1) is 0 Å². The maximum absolute atomic E-state index is 5.28. The van der Waals surface area contributed by atoms with Crippen LogP contribution in [0.4, 0.5) is 0 Å². The number of ether oxygens (including phenoxy) is 1. The van der Waals surface area contributed by atoms with Gasteiger partial charge in [0, 0.05) is 26.2 Å². The Balaban J connectivity index is 2.52. The molecule has 1 rings (SSSR count). The highest BCUT2D eigenvalue weighted by Gasteiger charge is 2.19. The van der Waals surface area contributed by atoms with Crippen LogP contribution in [-0.4, -0.2) is 42.3 Å². The first-order valence-electron chi connectivity index (χ1n) is 6.09. The summed E-state index contributed by atoms with van der Waals surface area (Å²) in [4.78, 5) is 6.60. The van der Waals surface area contributed by atoms with Gasteiger partial charge in [0.2, 0.25) is 5.89 Å². The van der Waals surface area contributed by atoms with Crippen molar-refractivity contribution in [3.63, 3.8) is 0 Å². The van der Waals surface area contributed by atoms with Crippen molar-refractivity contribution in [2.24, 2.45) is 0 Å². The van der Waals surface area contributed by atoms with Gasteiger partial charge >= 0.3 is 0 Å². The van der Waals surface area contributed by atoms with E-state index in [-0.39, 0.29) is 6.04 Å². The van der Waals surface area contributed by atoms with Gasteiger partial charge in [0.1, 0.15) is 0 Å². The molecule has 0 N–H and O–H groups in total. The summed E-state index contributed by atoms with van der Waals surface area (Å²) in [5.41, 5.74) is 0. The molecule has 0 aliphatic rings. The third kappa shape index (κ3) is 4.09. The van der Waals surface area contributed by atoms with Crippen molar-refractivity contribution >= 4 is 0 Å². The standard InChI is InChI=1S/C12H23N3O2/c1-9(2)11-13-12(17-14-11)10(3)15(4)7-6-8-16-5/h9-10H,6-8H2,1-5H3. The lowest BCUT2D eigenvalue weighted by atomic mass is 10.2. The highest BCUT2D eigenvalue weighted by molar-refractivity contribution is 4.95. The van der Waals surface area contributed by atoms with Crippen molar-refractivity contribution < 1.29 is 9.26 Å². The maximum Gasteiger partial charge on any atom is 0.243 e. The monoisotopic (exact) mass is 241 g/mol. The van der Waals surface area contributed by atoms with E-state index in [1.54, 1.807) is 7.11 Å². The van der Waals surface area contributed by atoms with Gasteiger partial charge in [0.25, 0.3) is 0 Å². The van der Waals surface area contributed by atoms with Gasteiger partial charge in [-0.25, -0.2) is 0 Å². The number of hydrogen-bond acceptors (Lipinski definition) is 5. The Bertz CT molecular complexity index is 325. The van der Waals surface area contributed by atoms with Crippen LogP contribution in [0.1, 0.15) is 50.9 Å². The average Bonchev–Trinajstić information content (AvgIpc) is 2.77. The SMILES string of the molecule is COCCCN(C)C(C)c1nc(C(C)C)no1. The minimum Gasteiger partial charge on any atom is -0.385 e. The third-order valence-corrected chi connectivity index (χ3v) is 2.85. The topological polar surface area (TPSA) is 51.4 Å². The zero-order chi connectivity index (χ0) is 12.8. The van der Waals surface area contributed by atoms with Gasteiger partial charge in [-0.2, -0.15) is 4.98 Å². The number of rotatable bonds is 7. The summed E-state index contributed by atoms with van der Waals surface area (Å²) >= 11 is 0. The molecule has 0 spiro atoms. The predicted molar refractivity (Wildman–Crippen MR) is 65.9 cm³/mol. The Kier molecular flexibility index (Phi) is 5.58. The lowest BCUT2D eigenvalue weighted by Gasteiger charge is -2.21. The minimum absolute atomic E-state index is 0.145. The van der Waals surface area contributed by atoms with E-state index in [9.17, 15) is 0 Å². The first kappa shape index (κ1) is 14.1. The van der Waals surface area contributed by atoms with Crippen molar-refractivity contribution in [3.05, 3.63) is 11.7 Å². The second kappa shape index (κ2) is 6.71. The largest absolute Gasteiger partial charge is 0.385 e. The molecule has 0 saturated heterocycles. The molecule has 0 aromatic carbocycles. The maximum atomic E-state index is 5.28. The fourth-order valence-electron chi connectivity index (χ4n) is 1.49. The molecule has 0 bridgehead atoms. The number of nitrogens with zero attached hydrogens (tertiary/aromatic N) is 3. The van der Waals surface area contributed by atoms with Gasteiger partial charge in [-0.3, -0.25) is 4.90 Å². The second-order valence-electron chi connectivity index (χ2n) is 4.65. The molecular formula is C12H23N3O2. The minimum atomic E-state index is 0.145. The fourth-order valence-corrected chi connectivity index (χ4v) is 1.49. The number of methoxy groups -OCH3 is 1. The Morgan fingerprint density at radius 2 is 2.06 bits per heavy atom. The summed E-state index contributed by atoms with van der Waals surface area (Å²) in [7, 11) is 3.77. The zero-order valence-electron chi connectivity index (χ0n) is 11.4. The van der Waals surface area contributed by atoms with E-state index in [1.165, 1.54) is 0 Å². The molecule has 0 aliphatic carbocycles. The van der Waals surface area contributed by atoms with Crippen LogP contribution in [0.25, 0.3) is 0 Å². The molecule has 98 valence electrons. The summed E-state index contributed by atoms with van der Waals surface area (Å²) in [6.07, 6.45) is 1.00. The zero-order valence-corrected chi connectivity index (χ0v) is 11.4. The molecule has 5 heteroatoms. The lowest BCUT2D eigenvalue weighted by molar-refractivity contribution is 0.158. The summed E-state index contributed by atoms with van der Waals surface area (Å²) in [5.74, 6) is 1.77. The molecular weight excluding hydrogens is 218 g/mol. The van der Waals surface area contributed by atoms with Crippen LogP contribution in [0.3, 0.4) is 0 Å². The molecule has 0 saturated carbocycles. The molecule has 0 fully saturated rings. The van der Waals surface area contributed by atoms with Gasteiger partial charge in [0.15, 0.2) is 5.82 Å². The smallest absolute Gasteiger partial charge is 0.243 e. The van der Waals surface area contributed by atoms with Crippen LogP contribution >= 0.6 is 0 Å². The van der Waals surface area contributed by atoms with Crippen LogP contribution in [0.2, 0.25) is 0 Å². The molecule has 0 amide bonds. The Morgan fingerprint density at radius 1 is 1.35 bits per heavy atom. The average molecular weight is 241 g/mol. The van der Waals surface area contributed by atoms with Gasteiger partial charge in [-0.05, 0) is 20.4 Å². The van der Waals surface area contributed by atoms with E-state index >= 15 is 0 Å². The predicted octanol–water partition coefficient (Wildman–Crippen LogP) is 2.22. The quantitative estimate of drug-likeness (QED) is 0.685. The first-order valence-corrected chi connectivity index (χ1v) is 6.09. The molecule has 17 heavy (non-hydrogen) atoms. The van der Waals surface area contributed by atoms with Crippen LogP contribution in [0.15, 0.2) is 4.52 Å². The molecule has 1 heterocycles. The molecule has 1 aromatic heterocycles. The summed E-state index contributed by atoms with van der Waals surface area (Å²) in [6.45, 7) is 7.92. The van der Waals surface area contributed by atoms with Crippen LogP contribution < -0.4 is 0 Å². The van der Waals surface area contributed by atoms with Crippen molar-refractivity contribution in [1.29, 1.82) is 0 Å². The van der Waals surface area contributed by atoms with Gasteiger partial charge in [0.05, 0.1) is 6.04 Å². The molecule has 1 aromatic rings. The summed E-state index contributed by atoms with van der Waals surface area (Å²) in [5, 5.41) is 3.98. The highest BCUT2D eigenvalue weighted by Crippen LogP contribution is 2.19. The molecule has 1 atom stereocenters. The Morgan fingerprint density at radius 3 is 2.59 bits per heavy atom. The lowest BCUT2D eigenvalue weighted by Crippen LogP contribution is -2.24. The van der Waals surface area contributed by atoms with Crippen molar-refractivity contribution in [1.82, 2.24) is 15.0 Å². The Labute approximate surface area is 103 Å². The number of aromatic nitrogens is 2. The molecule has 0 aliphatic heterocycles. The van der Waals surface area contributed by atoms with Gasteiger partial charge in [-0.1, -0.05) is 19.0 Å². The first-order chi connectivity index (χ1) is 8.06. The van der Waals surface area contributed by atoms with Crippen molar-refractivity contribution in [3.8, 4) is 0 Å². The second-order valence-corrected chi connectivity index (χ2v) is 4.65. The highest BCUT2D eigenvalue weighted by atomic mass is 16.5. The van der Waals surface area contributed by atoms with E-state index in [4.69, 9.17) is 9.26 Å². The van der Waals surface area contributed by atoms with E-state index in [1.807, 2.05) is 0 Å². The van der Waals surface area contributed by atoms with Crippen LogP contribution in [0.5, 0.6) is 0 Å².